The zero-order valence-electron chi connectivity index (χ0n) is 14.7. The molecule has 1 aromatic heterocycles. The Morgan fingerprint density at radius 2 is 1.92 bits per heavy atom. The van der Waals surface area contributed by atoms with Crippen LogP contribution in [0.5, 0.6) is 0 Å². The number of benzene rings is 1. The first-order valence-corrected chi connectivity index (χ1v) is 9.39. The Morgan fingerprint density at radius 3 is 2.50 bits per heavy atom. The lowest BCUT2D eigenvalue weighted by atomic mass is 10.0. The maximum absolute atomic E-state index is 12.4. The molecule has 138 valence electrons. The fraction of sp³-hybridized carbons (Fsp3) is 0.333. The van der Waals surface area contributed by atoms with E-state index < -0.39 is 17.9 Å². The number of hydrogen-bond donors (Lipinski definition) is 2. The van der Waals surface area contributed by atoms with Gasteiger partial charge in [-0.05, 0) is 18.4 Å². The summed E-state index contributed by atoms with van der Waals surface area (Å²) in [5.41, 5.74) is 2.26. The van der Waals surface area contributed by atoms with E-state index >= 15 is 0 Å². The molecule has 0 saturated carbocycles. The van der Waals surface area contributed by atoms with Crippen LogP contribution in [0, 0.1) is 12.8 Å². The summed E-state index contributed by atoms with van der Waals surface area (Å²) in [6, 6.07) is 7.07. The lowest BCUT2D eigenvalue weighted by Gasteiger charge is -2.17. The highest BCUT2D eigenvalue weighted by Crippen LogP contribution is 2.22. The van der Waals surface area contributed by atoms with Gasteiger partial charge in [0.05, 0.1) is 11.2 Å². The highest BCUT2D eigenvalue weighted by atomic mass is 35.5. The minimum atomic E-state index is -1.10. The van der Waals surface area contributed by atoms with Crippen molar-refractivity contribution in [2.24, 2.45) is 5.92 Å². The van der Waals surface area contributed by atoms with Crippen molar-refractivity contribution in [1.82, 2.24) is 15.3 Å². The first-order chi connectivity index (χ1) is 12.3. The van der Waals surface area contributed by atoms with Crippen LogP contribution in [-0.2, 0) is 10.5 Å². The Labute approximate surface area is 161 Å². The number of nitrogens with zero attached hydrogens (tertiary/aromatic N) is 2. The summed E-state index contributed by atoms with van der Waals surface area (Å²) in [7, 11) is 0. The summed E-state index contributed by atoms with van der Waals surface area (Å²) < 4.78 is 0. The number of halogens is 1. The maximum Gasteiger partial charge on any atom is 0.326 e. The highest BCUT2D eigenvalue weighted by Gasteiger charge is 2.25. The largest absolute Gasteiger partial charge is 0.480 e. The summed E-state index contributed by atoms with van der Waals surface area (Å²) in [6.07, 6.45) is 1.35. The number of rotatable bonds is 7. The van der Waals surface area contributed by atoms with E-state index in [4.69, 9.17) is 11.6 Å². The molecular weight excluding hydrogens is 374 g/mol. The van der Waals surface area contributed by atoms with Gasteiger partial charge in [-0.2, -0.15) is 0 Å². The number of aliphatic carboxylic acids is 1. The minimum absolute atomic E-state index is 0.0278. The van der Waals surface area contributed by atoms with Crippen molar-refractivity contribution in [3.8, 4) is 0 Å². The monoisotopic (exact) mass is 393 g/mol. The third-order valence-corrected chi connectivity index (χ3v) is 4.85. The number of thioether (sulfide) groups is 1. The number of carboxylic acid groups (broad SMARTS) is 1. The second-order valence-corrected chi connectivity index (χ2v) is 7.51. The van der Waals surface area contributed by atoms with E-state index in [1.54, 1.807) is 13.8 Å². The standard InChI is InChI=1S/C18H20ClN3O3S/c1-10(2)14(17(24)25)21-16(23)15-13(19)8-20-18(22-15)26-9-12-6-4-11(3)5-7-12/h4-8,10,14H,9H2,1-3H3,(H,21,23)(H,24,25). The first-order valence-electron chi connectivity index (χ1n) is 8.02. The fourth-order valence-electron chi connectivity index (χ4n) is 2.14. The van der Waals surface area contributed by atoms with Gasteiger partial charge in [-0.3, -0.25) is 4.79 Å². The third kappa shape index (κ3) is 5.44. The van der Waals surface area contributed by atoms with Crippen molar-refractivity contribution in [2.75, 3.05) is 0 Å². The number of amides is 1. The predicted octanol–water partition coefficient (Wildman–Crippen LogP) is 3.57. The molecule has 0 saturated heterocycles. The van der Waals surface area contributed by atoms with Crippen molar-refractivity contribution < 1.29 is 14.7 Å². The molecule has 0 bridgehead atoms. The van der Waals surface area contributed by atoms with Gasteiger partial charge >= 0.3 is 5.97 Å². The molecule has 0 aliphatic heterocycles. The topological polar surface area (TPSA) is 92.2 Å². The lowest BCUT2D eigenvalue weighted by Crippen LogP contribution is -2.44. The molecule has 0 spiro atoms. The lowest BCUT2D eigenvalue weighted by molar-refractivity contribution is -0.140. The molecule has 1 aromatic carbocycles. The van der Waals surface area contributed by atoms with Crippen LogP contribution in [0.4, 0.5) is 0 Å². The fourth-order valence-corrected chi connectivity index (χ4v) is 3.08. The van der Waals surface area contributed by atoms with E-state index in [0.717, 1.165) is 5.56 Å². The van der Waals surface area contributed by atoms with Gasteiger partial charge < -0.3 is 10.4 Å². The molecule has 1 atom stereocenters. The molecule has 2 aromatic rings. The van der Waals surface area contributed by atoms with Crippen LogP contribution in [0.3, 0.4) is 0 Å². The number of carbonyl (C=O) groups excluding carboxylic acids is 1. The Morgan fingerprint density at radius 1 is 1.27 bits per heavy atom. The summed E-state index contributed by atoms with van der Waals surface area (Å²) in [6.45, 7) is 5.44. The number of carboxylic acids is 1. The van der Waals surface area contributed by atoms with Crippen molar-refractivity contribution in [3.05, 3.63) is 52.3 Å². The average Bonchev–Trinajstić information content (AvgIpc) is 2.59. The third-order valence-electron chi connectivity index (χ3n) is 3.64. The minimum Gasteiger partial charge on any atom is -0.480 e. The summed E-state index contributed by atoms with van der Waals surface area (Å²) >= 11 is 7.40. The number of nitrogens with one attached hydrogen (secondary N) is 1. The van der Waals surface area contributed by atoms with Crippen LogP contribution in [0.1, 0.15) is 35.5 Å². The Balaban J connectivity index is 2.11. The predicted molar refractivity (Wildman–Crippen MR) is 102 cm³/mol. The van der Waals surface area contributed by atoms with Crippen molar-refractivity contribution in [2.45, 2.75) is 37.7 Å². The molecule has 0 fully saturated rings. The second kappa shape index (κ2) is 9.00. The SMILES string of the molecule is Cc1ccc(CSc2ncc(Cl)c(C(=O)NC(C(=O)O)C(C)C)n2)cc1. The van der Waals surface area contributed by atoms with Crippen LogP contribution in [0.25, 0.3) is 0 Å². The number of hydrogen-bond acceptors (Lipinski definition) is 5. The van der Waals surface area contributed by atoms with E-state index in [9.17, 15) is 14.7 Å². The van der Waals surface area contributed by atoms with Crippen LogP contribution in [-0.4, -0.2) is 33.0 Å². The quantitative estimate of drug-likeness (QED) is 0.551. The molecule has 0 aliphatic carbocycles. The molecule has 2 N–H and O–H groups in total. The van der Waals surface area contributed by atoms with Gasteiger partial charge in [0.25, 0.3) is 5.91 Å². The second-order valence-electron chi connectivity index (χ2n) is 6.16. The molecule has 0 aliphatic rings. The summed E-state index contributed by atoms with van der Waals surface area (Å²) in [5.74, 6) is -1.36. The van der Waals surface area contributed by atoms with Gasteiger partial charge in [-0.25, -0.2) is 14.8 Å². The molecule has 26 heavy (non-hydrogen) atoms. The van der Waals surface area contributed by atoms with Gasteiger partial charge in [-0.15, -0.1) is 0 Å². The first kappa shape index (κ1) is 20.2. The van der Waals surface area contributed by atoms with E-state index in [0.29, 0.717) is 10.9 Å². The van der Waals surface area contributed by atoms with Gasteiger partial charge in [0.15, 0.2) is 10.9 Å². The smallest absolute Gasteiger partial charge is 0.326 e. The number of aryl methyl sites for hydroxylation is 1. The van der Waals surface area contributed by atoms with Crippen LogP contribution >= 0.6 is 23.4 Å². The summed E-state index contributed by atoms with van der Waals surface area (Å²) in [5, 5.41) is 12.1. The molecule has 1 amide bonds. The molecule has 0 radical (unpaired) electrons. The zero-order valence-corrected chi connectivity index (χ0v) is 16.3. The number of carbonyl (C=O) groups is 2. The zero-order chi connectivity index (χ0) is 19.3. The highest BCUT2D eigenvalue weighted by molar-refractivity contribution is 7.98. The molecule has 1 unspecified atom stereocenters. The van der Waals surface area contributed by atoms with Crippen LogP contribution in [0.2, 0.25) is 5.02 Å². The van der Waals surface area contributed by atoms with Crippen molar-refractivity contribution >= 4 is 35.2 Å². The Kier molecular flexibility index (Phi) is 6.99. The van der Waals surface area contributed by atoms with E-state index in [-0.39, 0.29) is 16.6 Å². The van der Waals surface area contributed by atoms with E-state index in [2.05, 4.69) is 15.3 Å². The molecule has 8 heteroatoms. The van der Waals surface area contributed by atoms with Crippen molar-refractivity contribution in [1.29, 1.82) is 0 Å². The summed E-state index contributed by atoms with van der Waals surface area (Å²) in [4.78, 5) is 32.0. The van der Waals surface area contributed by atoms with Crippen LogP contribution < -0.4 is 5.32 Å². The Bertz CT molecular complexity index is 797. The molecule has 6 nitrogen and oxygen atoms in total. The van der Waals surface area contributed by atoms with Gasteiger partial charge in [0, 0.05) is 5.75 Å². The molecular formula is C18H20ClN3O3S. The van der Waals surface area contributed by atoms with E-state index in [1.807, 2.05) is 31.2 Å². The number of aromatic nitrogens is 2. The van der Waals surface area contributed by atoms with Crippen LogP contribution in [0.15, 0.2) is 35.6 Å². The average molecular weight is 394 g/mol. The van der Waals surface area contributed by atoms with Gasteiger partial charge in [0.1, 0.15) is 6.04 Å². The maximum atomic E-state index is 12.4. The van der Waals surface area contributed by atoms with E-state index in [1.165, 1.54) is 23.5 Å². The normalized spacial score (nSPS) is 12.0. The van der Waals surface area contributed by atoms with Gasteiger partial charge in [-0.1, -0.05) is 67.0 Å². The molecule has 2 rings (SSSR count). The van der Waals surface area contributed by atoms with Gasteiger partial charge in [0.2, 0.25) is 0 Å². The Hall–Kier alpha value is -2.12. The van der Waals surface area contributed by atoms with Crippen molar-refractivity contribution in [3.63, 3.8) is 0 Å². The molecule has 1 heterocycles.